The summed E-state index contributed by atoms with van der Waals surface area (Å²) < 4.78 is 5.97. The molecule has 3 unspecified atom stereocenters. The zero-order valence-corrected chi connectivity index (χ0v) is 13.1. The molecule has 1 aromatic rings. The van der Waals surface area contributed by atoms with Crippen LogP contribution in [0.4, 0.5) is 0 Å². The summed E-state index contributed by atoms with van der Waals surface area (Å²) in [7, 11) is 0. The van der Waals surface area contributed by atoms with E-state index in [-0.39, 0.29) is 6.10 Å². The van der Waals surface area contributed by atoms with E-state index in [1.165, 1.54) is 6.42 Å². The third-order valence-corrected chi connectivity index (χ3v) is 4.45. The van der Waals surface area contributed by atoms with E-state index in [4.69, 9.17) is 4.74 Å². The van der Waals surface area contributed by atoms with Crippen molar-refractivity contribution in [3.8, 4) is 6.01 Å². The van der Waals surface area contributed by atoms with Crippen LogP contribution in [0.25, 0.3) is 0 Å². The lowest BCUT2D eigenvalue weighted by atomic mass is 9.80. The second kappa shape index (κ2) is 7.02. The molecule has 0 bridgehead atoms. The van der Waals surface area contributed by atoms with Crippen molar-refractivity contribution in [1.29, 1.82) is 0 Å². The lowest BCUT2D eigenvalue weighted by Crippen LogP contribution is -2.29. The fourth-order valence-corrected chi connectivity index (χ4v) is 2.71. The lowest BCUT2D eigenvalue weighted by Gasteiger charge is -2.31. The summed E-state index contributed by atoms with van der Waals surface area (Å²) in [5.74, 6) is 1.53. The number of rotatable bonds is 5. The SMILES string of the molecule is CCNCc1cnc(OC2CCC(C)C(C)C2)nc1C. The first kappa shape index (κ1) is 15.2. The summed E-state index contributed by atoms with van der Waals surface area (Å²) in [6, 6.07) is 0.537. The van der Waals surface area contributed by atoms with Crippen LogP contribution in [-0.2, 0) is 6.54 Å². The van der Waals surface area contributed by atoms with Crippen LogP contribution in [-0.4, -0.2) is 22.6 Å². The monoisotopic (exact) mass is 277 g/mol. The molecule has 1 N–H and O–H groups in total. The fourth-order valence-electron chi connectivity index (χ4n) is 2.71. The summed E-state index contributed by atoms with van der Waals surface area (Å²) in [5, 5.41) is 3.30. The van der Waals surface area contributed by atoms with Gasteiger partial charge in [0.2, 0.25) is 0 Å². The molecule has 1 saturated carbocycles. The standard InChI is InChI=1S/C16H27N3O/c1-5-17-9-14-10-18-16(19-13(14)4)20-15-7-6-11(2)12(3)8-15/h10-12,15,17H,5-9H2,1-4H3. The number of hydrogen-bond acceptors (Lipinski definition) is 4. The van der Waals surface area contributed by atoms with E-state index in [1.54, 1.807) is 0 Å². The topological polar surface area (TPSA) is 47.0 Å². The maximum atomic E-state index is 5.97. The first-order valence-corrected chi connectivity index (χ1v) is 7.80. The highest BCUT2D eigenvalue weighted by atomic mass is 16.5. The fraction of sp³-hybridized carbons (Fsp3) is 0.750. The Morgan fingerprint density at radius 1 is 1.30 bits per heavy atom. The average Bonchev–Trinajstić information content (AvgIpc) is 2.42. The van der Waals surface area contributed by atoms with Crippen molar-refractivity contribution in [2.75, 3.05) is 6.54 Å². The minimum atomic E-state index is 0.278. The number of hydrogen-bond donors (Lipinski definition) is 1. The van der Waals surface area contributed by atoms with Crippen LogP contribution in [0.15, 0.2) is 6.20 Å². The third-order valence-electron chi connectivity index (χ3n) is 4.45. The number of aryl methyl sites for hydroxylation is 1. The highest BCUT2D eigenvalue weighted by molar-refractivity contribution is 5.17. The molecule has 4 nitrogen and oxygen atoms in total. The highest BCUT2D eigenvalue weighted by Crippen LogP contribution is 2.31. The molecule has 1 aromatic heterocycles. The number of nitrogens with one attached hydrogen (secondary N) is 1. The number of ether oxygens (including phenoxy) is 1. The predicted molar refractivity (Wildman–Crippen MR) is 80.7 cm³/mol. The van der Waals surface area contributed by atoms with Gasteiger partial charge in [-0.15, -0.1) is 0 Å². The molecular formula is C16H27N3O. The normalized spacial score (nSPS) is 26.5. The smallest absolute Gasteiger partial charge is 0.316 e. The van der Waals surface area contributed by atoms with Crippen molar-refractivity contribution >= 4 is 0 Å². The van der Waals surface area contributed by atoms with E-state index >= 15 is 0 Å². The molecule has 0 aliphatic heterocycles. The van der Waals surface area contributed by atoms with Gasteiger partial charge in [-0.3, -0.25) is 0 Å². The largest absolute Gasteiger partial charge is 0.460 e. The maximum Gasteiger partial charge on any atom is 0.316 e. The highest BCUT2D eigenvalue weighted by Gasteiger charge is 2.26. The second-order valence-corrected chi connectivity index (χ2v) is 6.05. The molecule has 3 atom stereocenters. The van der Waals surface area contributed by atoms with E-state index < -0.39 is 0 Å². The average molecular weight is 277 g/mol. The zero-order valence-electron chi connectivity index (χ0n) is 13.1. The Labute approximate surface area is 122 Å². The van der Waals surface area contributed by atoms with Gasteiger partial charge in [0.15, 0.2) is 0 Å². The van der Waals surface area contributed by atoms with Crippen LogP contribution in [0.3, 0.4) is 0 Å². The van der Waals surface area contributed by atoms with Crippen LogP contribution in [0.2, 0.25) is 0 Å². The number of aromatic nitrogens is 2. The van der Waals surface area contributed by atoms with Crippen molar-refractivity contribution in [2.45, 2.75) is 59.6 Å². The van der Waals surface area contributed by atoms with Crippen molar-refractivity contribution < 1.29 is 4.74 Å². The third kappa shape index (κ3) is 3.92. The van der Waals surface area contributed by atoms with Crippen LogP contribution in [0, 0.1) is 18.8 Å². The lowest BCUT2D eigenvalue weighted by molar-refractivity contribution is 0.0916. The Morgan fingerprint density at radius 2 is 2.10 bits per heavy atom. The Bertz CT molecular complexity index is 436. The quantitative estimate of drug-likeness (QED) is 0.898. The minimum Gasteiger partial charge on any atom is -0.460 e. The minimum absolute atomic E-state index is 0.278. The molecule has 1 heterocycles. The molecule has 4 heteroatoms. The van der Waals surface area contributed by atoms with Gasteiger partial charge in [-0.1, -0.05) is 20.8 Å². The Kier molecular flexibility index (Phi) is 5.35. The molecule has 1 aliphatic rings. The van der Waals surface area contributed by atoms with Crippen LogP contribution in [0.1, 0.15) is 51.3 Å². The van der Waals surface area contributed by atoms with Gasteiger partial charge >= 0.3 is 6.01 Å². The molecule has 1 fully saturated rings. The van der Waals surface area contributed by atoms with Gasteiger partial charge in [0, 0.05) is 24.0 Å². The van der Waals surface area contributed by atoms with Gasteiger partial charge < -0.3 is 10.1 Å². The van der Waals surface area contributed by atoms with Crippen LogP contribution >= 0.6 is 0 Å². The molecule has 2 rings (SSSR count). The predicted octanol–water partition coefficient (Wildman–Crippen LogP) is 3.10. The van der Waals surface area contributed by atoms with E-state index in [9.17, 15) is 0 Å². The zero-order chi connectivity index (χ0) is 14.5. The second-order valence-electron chi connectivity index (χ2n) is 6.05. The van der Waals surface area contributed by atoms with Crippen LogP contribution in [0.5, 0.6) is 6.01 Å². The van der Waals surface area contributed by atoms with Gasteiger partial charge in [0.25, 0.3) is 0 Å². The van der Waals surface area contributed by atoms with Crippen molar-refractivity contribution in [3.05, 3.63) is 17.5 Å². The van der Waals surface area contributed by atoms with E-state index in [0.717, 1.165) is 49.0 Å². The van der Waals surface area contributed by atoms with Gasteiger partial charge in [0.05, 0.1) is 0 Å². The first-order chi connectivity index (χ1) is 9.60. The Morgan fingerprint density at radius 3 is 2.75 bits per heavy atom. The van der Waals surface area contributed by atoms with Crippen molar-refractivity contribution in [2.24, 2.45) is 11.8 Å². The van der Waals surface area contributed by atoms with Crippen molar-refractivity contribution in [3.63, 3.8) is 0 Å². The summed E-state index contributed by atoms with van der Waals surface area (Å²) >= 11 is 0. The molecule has 0 saturated heterocycles. The van der Waals surface area contributed by atoms with Crippen molar-refractivity contribution in [1.82, 2.24) is 15.3 Å². The maximum absolute atomic E-state index is 5.97. The molecule has 20 heavy (non-hydrogen) atoms. The van der Waals surface area contributed by atoms with Gasteiger partial charge in [-0.25, -0.2) is 9.97 Å². The molecule has 0 spiro atoms. The van der Waals surface area contributed by atoms with E-state index in [1.807, 2.05) is 13.1 Å². The molecular weight excluding hydrogens is 250 g/mol. The van der Waals surface area contributed by atoms with Crippen LogP contribution < -0.4 is 10.1 Å². The van der Waals surface area contributed by atoms with Gasteiger partial charge in [-0.05, 0) is 44.6 Å². The summed E-state index contributed by atoms with van der Waals surface area (Å²) in [6.45, 7) is 10.5. The Hall–Kier alpha value is -1.16. The molecule has 0 aromatic carbocycles. The summed E-state index contributed by atoms with van der Waals surface area (Å²) in [4.78, 5) is 8.85. The molecule has 0 amide bonds. The number of nitrogens with zero attached hydrogens (tertiary/aromatic N) is 2. The Balaban J connectivity index is 1.95. The molecule has 1 aliphatic carbocycles. The van der Waals surface area contributed by atoms with E-state index in [0.29, 0.717) is 6.01 Å². The summed E-state index contributed by atoms with van der Waals surface area (Å²) in [6.07, 6.45) is 5.63. The first-order valence-electron chi connectivity index (χ1n) is 7.80. The van der Waals surface area contributed by atoms with Gasteiger partial charge in [0.1, 0.15) is 6.10 Å². The summed E-state index contributed by atoms with van der Waals surface area (Å²) in [5.41, 5.74) is 2.15. The molecule has 112 valence electrons. The van der Waals surface area contributed by atoms with Gasteiger partial charge in [-0.2, -0.15) is 0 Å². The molecule has 0 radical (unpaired) electrons. The van der Waals surface area contributed by atoms with E-state index in [2.05, 4.69) is 36.1 Å².